The average Bonchev–Trinajstić information content (AvgIpc) is 2.49. The SMILES string of the molecule is CCCCn1ncc(NCC2CCC(C)CC2)c(Br)c1=O. The predicted octanol–water partition coefficient (Wildman–Crippen LogP) is 4.04. The van der Waals surface area contributed by atoms with Gasteiger partial charge in [0.25, 0.3) is 5.56 Å². The molecule has 0 aromatic carbocycles. The Morgan fingerprint density at radius 1 is 1.38 bits per heavy atom. The first-order chi connectivity index (χ1) is 10.1. The summed E-state index contributed by atoms with van der Waals surface area (Å²) >= 11 is 3.42. The van der Waals surface area contributed by atoms with Gasteiger partial charge >= 0.3 is 0 Å². The molecule has 4 nitrogen and oxygen atoms in total. The molecule has 118 valence electrons. The first-order valence-electron chi connectivity index (χ1n) is 8.11. The van der Waals surface area contributed by atoms with E-state index in [1.807, 2.05) is 0 Å². The van der Waals surface area contributed by atoms with Crippen LogP contribution < -0.4 is 10.9 Å². The smallest absolute Gasteiger partial charge is 0.283 e. The van der Waals surface area contributed by atoms with Crippen LogP contribution >= 0.6 is 15.9 Å². The van der Waals surface area contributed by atoms with Gasteiger partial charge < -0.3 is 5.32 Å². The van der Waals surface area contributed by atoms with E-state index in [-0.39, 0.29) is 5.56 Å². The lowest BCUT2D eigenvalue weighted by Crippen LogP contribution is -2.26. The summed E-state index contributed by atoms with van der Waals surface area (Å²) in [6.07, 6.45) is 9.03. The van der Waals surface area contributed by atoms with Crippen LogP contribution in [0.25, 0.3) is 0 Å². The van der Waals surface area contributed by atoms with Crippen LogP contribution in [0.15, 0.2) is 15.5 Å². The van der Waals surface area contributed by atoms with Crippen molar-refractivity contribution in [1.29, 1.82) is 0 Å². The molecule has 0 unspecified atom stereocenters. The number of aryl methyl sites for hydroxylation is 1. The van der Waals surface area contributed by atoms with Gasteiger partial charge in [-0.25, -0.2) is 4.68 Å². The molecule has 1 aromatic rings. The van der Waals surface area contributed by atoms with E-state index in [4.69, 9.17) is 0 Å². The molecular weight excluding hydrogens is 330 g/mol. The fraction of sp³-hybridized carbons (Fsp3) is 0.750. The largest absolute Gasteiger partial charge is 0.382 e. The maximum absolute atomic E-state index is 12.2. The number of unbranched alkanes of at least 4 members (excludes halogenated alkanes) is 1. The van der Waals surface area contributed by atoms with Crippen molar-refractivity contribution < 1.29 is 0 Å². The maximum atomic E-state index is 12.2. The summed E-state index contributed by atoms with van der Waals surface area (Å²) in [7, 11) is 0. The van der Waals surface area contributed by atoms with Crippen LogP contribution in [0, 0.1) is 11.8 Å². The molecule has 0 aliphatic heterocycles. The summed E-state index contributed by atoms with van der Waals surface area (Å²) in [4.78, 5) is 12.2. The molecule has 1 aromatic heterocycles. The molecule has 1 saturated carbocycles. The van der Waals surface area contributed by atoms with E-state index >= 15 is 0 Å². The molecule has 0 amide bonds. The highest BCUT2D eigenvalue weighted by Crippen LogP contribution is 2.28. The average molecular weight is 356 g/mol. The highest BCUT2D eigenvalue weighted by atomic mass is 79.9. The van der Waals surface area contributed by atoms with E-state index in [9.17, 15) is 4.79 Å². The monoisotopic (exact) mass is 355 g/mol. The van der Waals surface area contributed by atoms with Crippen LogP contribution in [0.1, 0.15) is 52.4 Å². The number of nitrogens with one attached hydrogen (secondary N) is 1. The van der Waals surface area contributed by atoms with Gasteiger partial charge in [-0.15, -0.1) is 0 Å². The molecule has 0 bridgehead atoms. The summed E-state index contributed by atoms with van der Waals surface area (Å²) in [5.41, 5.74) is 0.789. The molecule has 21 heavy (non-hydrogen) atoms. The Kier molecular flexibility index (Phi) is 6.27. The number of hydrogen-bond donors (Lipinski definition) is 1. The quantitative estimate of drug-likeness (QED) is 0.837. The van der Waals surface area contributed by atoms with Crippen LogP contribution in [0.5, 0.6) is 0 Å². The lowest BCUT2D eigenvalue weighted by molar-refractivity contribution is 0.300. The summed E-state index contributed by atoms with van der Waals surface area (Å²) in [6, 6.07) is 0. The lowest BCUT2D eigenvalue weighted by Gasteiger charge is -2.26. The van der Waals surface area contributed by atoms with Gasteiger partial charge in [0, 0.05) is 13.1 Å². The molecule has 0 radical (unpaired) electrons. The fourth-order valence-corrected chi connectivity index (χ4v) is 3.29. The lowest BCUT2D eigenvalue weighted by atomic mass is 9.83. The third-order valence-corrected chi connectivity index (χ3v) is 5.19. The molecule has 2 rings (SSSR count). The number of anilines is 1. The number of aromatic nitrogens is 2. The predicted molar refractivity (Wildman–Crippen MR) is 90.7 cm³/mol. The van der Waals surface area contributed by atoms with Crippen molar-refractivity contribution >= 4 is 21.6 Å². The third kappa shape index (κ3) is 4.56. The van der Waals surface area contributed by atoms with Crippen LogP contribution in [0.3, 0.4) is 0 Å². The summed E-state index contributed by atoms with van der Waals surface area (Å²) in [6.45, 7) is 6.07. The highest BCUT2D eigenvalue weighted by molar-refractivity contribution is 9.10. The van der Waals surface area contributed by atoms with Crippen LogP contribution in [0.4, 0.5) is 5.69 Å². The number of nitrogens with zero attached hydrogens (tertiary/aromatic N) is 2. The fourth-order valence-electron chi connectivity index (χ4n) is 2.84. The van der Waals surface area contributed by atoms with E-state index in [0.29, 0.717) is 11.0 Å². The number of hydrogen-bond acceptors (Lipinski definition) is 3. The molecule has 0 atom stereocenters. The second-order valence-electron chi connectivity index (χ2n) is 6.26. The summed E-state index contributed by atoms with van der Waals surface area (Å²) in [5, 5.41) is 7.66. The van der Waals surface area contributed by atoms with Crippen LogP contribution in [0.2, 0.25) is 0 Å². The molecule has 0 spiro atoms. The zero-order chi connectivity index (χ0) is 15.2. The minimum absolute atomic E-state index is 0.0364. The molecule has 1 aliphatic carbocycles. The molecular formula is C16H26BrN3O. The van der Waals surface area contributed by atoms with E-state index in [2.05, 4.69) is 40.2 Å². The Labute approximate surface area is 135 Å². The first kappa shape index (κ1) is 16.5. The van der Waals surface area contributed by atoms with Crippen molar-refractivity contribution in [2.24, 2.45) is 11.8 Å². The normalized spacial score (nSPS) is 22.2. The Balaban J connectivity index is 1.94. The van der Waals surface area contributed by atoms with Gasteiger partial charge in [-0.3, -0.25) is 4.79 Å². The van der Waals surface area contributed by atoms with Crippen molar-refractivity contribution in [2.45, 2.75) is 58.9 Å². The van der Waals surface area contributed by atoms with Gasteiger partial charge in [-0.1, -0.05) is 33.1 Å². The minimum Gasteiger partial charge on any atom is -0.382 e. The van der Waals surface area contributed by atoms with Crippen molar-refractivity contribution in [3.8, 4) is 0 Å². The second-order valence-corrected chi connectivity index (χ2v) is 7.05. The Morgan fingerprint density at radius 2 is 2.10 bits per heavy atom. The van der Waals surface area contributed by atoms with Gasteiger partial charge in [0.1, 0.15) is 4.47 Å². The Morgan fingerprint density at radius 3 is 2.76 bits per heavy atom. The molecule has 0 saturated heterocycles. The van der Waals surface area contributed by atoms with Gasteiger partial charge in [0.15, 0.2) is 0 Å². The minimum atomic E-state index is -0.0364. The Bertz CT molecular complexity index is 507. The van der Waals surface area contributed by atoms with Crippen molar-refractivity contribution in [3.63, 3.8) is 0 Å². The maximum Gasteiger partial charge on any atom is 0.283 e. The second kappa shape index (κ2) is 7.97. The zero-order valence-electron chi connectivity index (χ0n) is 13.1. The van der Waals surface area contributed by atoms with Gasteiger partial charge in [-0.2, -0.15) is 5.10 Å². The van der Waals surface area contributed by atoms with Crippen LogP contribution in [-0.4, -0.2) is 16.3 Å². The van der Waals surface area contributed by atoms with E-state index in [1.54, 1.807) is 10.9 Å². The van der Waals surface area contributed by atoms with E-state index < -0.39 is 0 Å². The number of rotatable bonds is 6. The number of halogens is 1. The van der Waals surface area contributed by atoms with E-state index in [1.165, 1.54) is 25.7 Å². The topological polar surface area (TPSA) is 46.9 Å². The van der Waals surface area contributed by atoms with Gasteiger partial charge in [0.05, 0.1) is 11.9 Å². The highest BCUT2D eigenvalue weighted by Gasteiger charge is 2.18. The summed E-state index contributed by atoms with van der Waals surface area (Å²) < 4.78 is 2.15. The Hall–Kier alpha value is -0.840. The molecule has 1 fully saturated rings. The molecule has 1 aliphatic rings. The zero-order valence-corrected chi connectivity index (χ0v) is 14.7. The third-order valence-electron chi connectivity index (χ3n) is 4.42. The standard InChI is InChI=1S/C16H26BrN3O/c1-3-4-9-20-16(21)15(17)14(11-19-20)18-10-13-7-5-12(2)6-8-13/h11-13,18H,3-10H2,1-2H3. The molecule has 1 heterocycles. The van der Waals surface area contributed by atoms with E-state index in [0.717, 1.165) is 36.9 Å². The van der Waals surface area contributed by atoms with Crippen LogP contribution in [-0.2, 0) is 6.54 Å². The van der Waals surface area contributed by atoms with Crippen molar-refractivity contribution in [1.82, 2.24) is 9.78 Å². The molecule has 5 heteroatoms. The van der Waals surface area contributed by atoms with Crippen molar-refractivity contribution in [2.75, 3.05) is 11.9 Å². The first-order valence-corrected chi connectivity index (χ1v) is 8.90. The summed E-state index contributed by atoms with van der Waals surface area (Å²) in [5.74, 6) is 1.59. The van der Waals surface area contributed by atoms with Gasteiger partial charge in [-0.05, 0) is 47.0 Å². The molecule has 1 N–H and O–H groups in total. The van der Waals surface area contributed by atoms with Gasteiger partial charge in [0.2, 0.25) is 0 Å². The van der Waals surface area contributed by atoms with Crippen molar-refractivity contribution in [3.05, 3.63) is 21.0 Å².